The molecule has 0 radical (unpaired) electrons. The lowest BCUT2D eigenvalue weighted by Gasteiger charge is -2.48. The number of rotatable bonds is 12. The molecule has 5 unspecified atom stereocenters. The zero-order valence-corrected chi connectivity index (χ0v) is 27.1. The van der Waals surface area contributed by atoms with E-state index < -0.39 is 104 Å². The summed E-state index contributed by atoms with van der Waals surface area (Å²) in [5.74, 6) is -2.11. The first-order valence-corrected chi connectivity index (χ1v) is 16.8. The fraction of sp³-hybridized carbons (Fsp3) is 0.935. The summed E-state index contributed by atoms with van der Waals surface area (Å²) < 4.78 is 70.0. The van der Waals surface area contributed by atoms with Crippen LogP contribution >= 0.6 is 0 Å². The standard InChI is InChI=1S/C31H50F3NO13/c1-3-16-10-7-11-17(25(16)47-30-24(41)22(39)23(40)27(48-30)31(32,33)34)45-29-20(35-14(2)37)26(21(38)19(13-36)46-29)44-18(28(42)43)12-15-8-5-4-6-9-15/h15-27,29-30,36,38-41H,3-13H2,1-2H3,(H,35,37)(H,42,43)/t16-,17-,18+,19+,20?,21+,22+,23?,24+,25?,26?,27-,29-,30?/m1/s1. The first-order valence-electron chi connectivity index (χ1n) is 16.8. The third-order valence-corrected chi connectivity index (χ3v) is 10.0. The largest absolute Gasteiger partial charge is 0.479 e. The van der Waals surface area contributed by atoms with Crippen LogP contribution in [0.3, 0.4) is 0 Å². The van der Waals surface area contributed by atoms with Gasteiger partial charge in [-0.3, -0.25) is 4.79 Å². The molecule has 0 aromatic rings. The molecule has 2 aliphatic carbocycles. The van der Waals surface area contributed by atoms with E-state index in [1.165, 1.54) is 6.92 Å². The molecule has 4 aliphatic rings. The maximum Gasteiger partial charge on any atom is 0.417 e. The minimum absolute atomic E-state index is 0.0804. The summed E-state index contributed by atoms with van der Waals surface area (Å²) in [6.07, 6.45) is -19.2. The van der Waals surface area contributed by atoms with Crippen molar-refractivity contribution in [1.29, 1.82) is 0 Å². The Balaban J connectivity index is 1.59. The number of carboxylic acids is 1. The highest BCUT2D eigenvalue weighted by Gasteiger charge is 2.57. The van der Waals surface area contributed by atoms with E-state index in [2.05, 4.69) is 5.32 Å². The van der Waals surface area contributed by atoms with Gasteiger partial charge >= 0.3 is 12.1 Å². The smallest absolute Gasteiger partial charge is 0.417 e. The highest BCUT2D eigenvalue weighted by molar-refractivity contribution is 5.73. The van der Waals surface area contributed by atoms with Gasteiger partial charge in [0.2, 0.25) is 5.91 Å². The molecule has 0 spiro atoms. The number of hydrogen-bond acceptors (Lipinski definition) is 12. The number of hydrogen-bond donors (Lipinski definition) is 7. The molecule has 4 rings (SSSR count). The second kappa shape index (κ2) is 17.0. The first kappa shape index (κ1) is 39.1. The van der Waals surface area contributed by atoms with Crippen molar-refractivity contribution in [3.05, 3.63) is 0 Å². The SMILES string of the molecule is CC[C@@H]1CCC[C@@H](O[C@@H]2O[C@@H](CO)[C@H](O)C(O[C@@H](CC3CCCCC3)C(=O)O)C2NC(C)=O)C1OC1O[C@@H](C(F)(F)F)C(O)[C@H](O)[C@@H]1O. The van der Waals surface area contributed by atoms with Gasteiger partial charge in [0.1, 0.15) is 42.7 Å². The van der Waals surface area contributed by atoms with Crippen LogP contribution in [0.15, 0.2) is 0 Å². The summed E-state index contributed by atoms with van der Waals surface area (Å²) in [7, 11) is 0. The Morgan fingerprint density at radius 1 is 0.875 bits per heavy atom. The fourth-order valence-electron chi connectivity index (χ4n) is 7.42. The van der Waals surface area contributed by atoms with Gasteiger partial charge in [-0.05, 0) is 31.1 Å². The summed E-state index contributed by atoms with van der Waals surface area (Å²) in [5.41, 5.74) is 0. The average molecular weight is 702 g/mol. The molecule has 0 aromatic heterocycles. The summed E-state index contributed by atoms with van der Waals surface area (Å²) >= 11 is 0. The van der Waals surface area contributed by atoms with E-state index in [0.29, 0.717) is 19.3 Å². The first-order chi connectivity index (χ1) is 22.7. The minimum Gasteiger partial charge on any atom is -0.479 e. The summed E-state index contributed by atoms with van der Waals surface area (Å²) in [5, 5.41) is 64.6. The topological polar surface area (TPSA) is 214 Å². The third-order valence-electron chi connectivity index (χ3n) is 10.0. The molecule has 2 aliphatic heterocycles. The Morgan fingerprint density at radius 3 is 2.15 bits per heavy atom. The van der Waals surface area contributed by atoms with Gasteiger partial charge in [-0.2, -0.15) is 13.2 Å². The number of carbonyl (C=O) groups is 2. The van der Waals surface area contributed by atoms with Crippen LogP contribution < -0.4 is 5.32 Å². The van der Waals surface area contributed by atoms with Gasteiger partial charge in [0.25, 0.3) is 0 Å². The number of amides is 1. The van der Waals surface area contributed by atoms with E-state index in [0.717, 1.165) is 32.1 Å². The van der Waals surface area contributed by atoms with Gasteiger partial charge in [-0.1, -0.05) is 51.9 Å². The van der Waals surface area contributed by atoms with Crippen molar-refractivity contribution < 1.29 is 77.1 Å². The van der Waals surface area contributed by atoms with Gasteiger partial charge in [-0.15, -0.1) is 0 Å². The molecule has 17 heteroatoms. The Hall–Kier alpha value is -1.67. The van der Waals surface area contributed by atoms with Crippen molar-refractivity contribution in [3.8, 4) is 0 Å². The Morgan fingerprint density at radius 2 is 1.56 bits per heavy atom. The zero-order chi connectivity index (χ0) is 35.3. The molecular formula is C31H50F3NO13. The van der Waals surface area contributed by atoms with Crippen LogP contribution in [0.2, 0.25) is 0 Å². The van der Waals surface area contributed by atoms with Crippen LogP contribution in [0.25, 0.3) is 0 Å². The van der Waals surface area contributed by atoms with Crippen LogP contribution in [0.4, 0.5) is 13.2 Å². The van der Waals surface area contributed by atoms with Crippen molar-refractivity contribution in [1.82, 2.24) is 5.32 Å². The molecule has 2 saturated heterocycles. The molecular weight excluding hydrogens is 651 g/mol. The van der Waals surface area contributed by atoms with Gasteiger partial charge in [0, 0.05) is 6.92 Å². The van der Waals surface area contributed by atoms with E-state index in [-0.39, 0.29) is 24.7 Å². The van der Waals surface area contributed by atoms with Crippen molar-refractivity contribution in [2.24, 2.45) is 11.8 Å². The van der Waals surface area contributed by atoms with Crippen molar-refractivity contribution in [2.45, 2.75) is 164 Å². The molecule has 0 aromatic carbocycles. The predicted octanol–water partition coefficient (Wildman–Crippen LogP) is 0.728. The van der Waals surface area contributed by atoms with Crippen molar-refractivity contribution in [2.75, 3.05) is 6.61 Å². The van der Waals surface area contributed by atoms with E-state index in [4.69, 9.17) is 23.7 Å². The normalized spacial score (nSPS) is 40.7. The molecule has 1 amide bonds. The Labute approximate surface area is 276 Å². The number of carboxylic acid groups (broad SMARTS) is 1. The molecule has 2 saturated carbocycles. The summed E-state index contributed by atoms with van der Waals surface area (Å²) in [6, 6.07) is -1.29. The Bertz CT molecular complexity index is 1050. The van der Waals surface area contributed by atoms with Crippen molar-refractivity contribution >= 4 is 11.9 Å². The lowest BCUT2D eigenvalue weighted by molar-refractivity contribution is -0.372. The molecule has 278 valence electrons. The number of aliphatic carboxylic acids is 1. The second-order valence-corrected chi connectivity index (χ2v) is 13.4. The number of nitrogens with one attached hydrogen (secondary N) is 1. The lowest BCUT2D eigenvalue weighted by Crippen LogP contribution is -2.67. The quantitative estimate of drug-likeness (QED) is 0.150. The number of ether oxygens (including phenoxy) is 5. The van der Waals surface area contributed by atoms with Crippen LogP contribution in [0.1, 0.15) is 78.1 Å². The molecule has 14 nitrogen and oxygen atoms in total. The Kier molecular flexibility index (Phi) is 13.9. The monoisotopic (exact) mass is 701 g/mol. The maximum atomic E-state index is 13.6. The number of halogens is 3. The van der Waals surface area contributed by atoms with Gasteiger partial charge < -0.3 is 59.6 Å². The third kappa shape index (κ3) is 9.35. The fourth-order valence-corrected chi connectivity index (χ4v) is 7.42. The van der Waals surface area contributed by atoms with Crippen LogP contribution in [0, 0.1) is 11.8 Å². The second-order valence-electron chi connectivity index (χ2n) is 13.4. The van der Waals surface area contributed by atoms with Gasteiger partial charge in [0.15, 0.2) is 24.8 Å². The van der Waals surface area contributed by atoms with Gasteiger partial charge in [-0.25, -0.2) is 4.79 Å². The number of alkyl halides is 3. The molecule has 4 fully saturated rings. The number of carbonyl (C=O) groups excluding carboxylic acids is 1. The molecule has 7 N–H and O–H groups in total. The predicted molar refractivity (Wildman–Crippen MR) is 157 cm³/mol. The average Bonchev–Trinajstić information content (AvgIpc) is 3.03. The molecule has 14 atom stereocenters. The van der Waals surface area contributed by atoms with Crippen LogP contribution in [-0.4, -0.2) is 135 Å². The van der Waals surface area contributed by atoms with Crippen LogP contribution in [-0.2, 0) is 33.3 Å². The number of aliphatic hydroxyl groups is 5. The molecule has 48 heavy (non-hydrogen) atoms. The molecule has 0 bridgehead atoms. The minimum atomic E-state index is -5.09. The van der Waals surface area contributed by atoms with E-state index >= 15 is 0 Å². The number of aliphatic hydroxyl groups excluding tert-OH is 5. The van der Waals surface area contributed by atoms with Gasteiger partial charge in [0.05, 0.1) is 18.8 Å². The highest BCUT2D eigenvalue weighted by atomic mass is 19.4. The molecule has 2 heterocycles. The van der Waals surface area contributed by atoms with Crippen LogP contribution in [0.5, 0.6) is 0 Å². The maximum absolute atomic E-state index is 13.6. The van der Waals surface area contributed by atoms with E-state index in [1.807, 2.05) is 6.92 Å². The summed E-state index contributed by atoms with van der Waals surface area (Å²) in [4.78, 5) is 24.7. The zero-order valence-electron chi connectivity index (χ0n) is 27.1. The van der Waals surface area contributed by atoms with Crippen molar-refractivity contribution in [3.63, 3.8) is 0 Å². The highest BCUT2D eigenvalue weighted by Crippen LogP contribution is 2.39. The van der Waals surface area contributed by atoms with E-state index in [1.54, 1.807) is 0 Å². The van der Waals surface area contributed by atoms with E-state index in [9.17, 15) is 53.4 Å². The lowest BCUT2D eigenvalue weighted by atomic mass is 9.82. The summed E-state index contributed by atoms with van der Waals surface area (Å²) in [6.45, 7) is 2.28.